The van der Waals surface area contributed by atoms with Crippen LogP contribution < -0.4 is 0 Å². The van der Waals surface area contributed by atoms with Crippen LogP contribution in [0.15, 0.2) is 6.20 Å². The third-order valence-electron chi connectivity index (χ3n) is 2.98. The lowest BCUT2D eigenvalue weighted by molar-refractivity contribution is 0.300. The molecular weight excluding hydrogens is 258 g/mol. The van der Waals surface area contributed by atoms with Crippen molar-refractivity contribution in [2.75, 3.05) is 18.1 Å². The molecular formula is C11H17NO3S2. The van der Waals surface area contributed by atoms with Crippen molar-refractivity contribution in [1.82, 2.24) is 4.98 Å². The van der Waals surface area contributed by atoms with Crippen LogP contribution in [0.1, 0.15) is 22.7 Å². The number of aromatic nitrogens is 1. The second-order valence-electron chi connectivity index (χ2n) is 4.52. The van der Waals surface area contributed by atoms with Crippen LogP contribution in [-0.4, -0.2) is 36.6 Å². The maximum atomic E-state index is 11.5. The van der Waals surface area contributed by atoms with Gasteiger partial charge in [-0.05, 0) is 18.8 Å². The van der Waals surface area contributed by atoms with Crippen LogP contribution in [0, 0.1) is 5.92 Å². The Morgan fingerprint density at radius 2 is 2.35 bits per heavy atom. The fraction of sp³-hybridized carbons (Fsp3) is 0.727. The van der Waals surface area contributed by atoms with Crippen LogP contribution in [0.4, 0.5) is 0 Å². The lowest BCUT2D eigenvalue weighted by Gasteiger charge is -2.20. The molecule has 2 heterocycles. The van der Waals surface area contributed by atoms with Crippen LogP contribution in [0.5, 0.6) is 0 Å². The molecule has 0 bridgehead atoms. The molecule has 0 aromatic carbocycles. The molecule has 0 aliphatic carbocycles. The molecule has 1 fully saturated rings. The minimum absolute atomic E-state index is 0.138. The summed E-state index contributed by atoms with van der Waals surface area (Å²) in [5.41, 5.74) is 0. The van der Waals surface area contributed by atoms with Crippen molar-refractivity contribution in [3.05, 3.63) is 16.1 Å². The minimum atomic E-state index is -2.82. The van der Waals surface area contributed by atoms with Crippen molar-refractivity contribution in [2.24, 2.45) is 5.92 Å². The van der Waals surface area contributed by atoms with Gasteiger partial charge in [-0.1, -0.05) is 0 Å². The van der Waals surface area contributed by atoms with E-state index in [9.17, 15) is 8.42 Å². The predicted molar refractivity (Wildman–Crippen MR) is 68.0 cm³/mol. The monoisotopic (exact) mass is 275 g/mol. The largest absolute Gasteiger partial charge is 0.396 e. The van der Waals surface area contributed by atoms with Gasteiger partial charge >= 0.3 is 0 Å². The highest BCUT2D eigenvalue weighted by molar-refractivity contribution is 7.91. The summed E-state index contributed by atoms with van der Waals surface area (Å²) in [6.45, 7) is 0.138. The number of nitrogens with zero attached hydrogens (tertiary/aromatic N) is 1. The minimum Gasteiger partial charge on any atom is -0.396 e. The van der Waals surface area contributed by atoms with Gasteiger partial charge in [-0.3, -0.25) is 0 Å². The third kappa shape index (κ3) is 3.76. The summed E-state index contributed by atoms with van der Waals surface area (Å²) in [4.78, 5) is 5.36. The lowest BCUT2D eigenvalue weighted by Crippen LogP contribution is -2.26. The smallest absolute Gasteiger partial charge is 0.150 e. The predicted octanol–water partition coefficient (Wildman–Crippen LogP) is 1.05. The highest BCUT2D eigenvalue weighted by Crippen LogP contribution is 2.24. The molecule has 1 aliphatic rings. The quantitative estimate of drug-likeness (QED) is 0.891. The molecule has 1 aromatic rings. The van der Waals surface area contributed by atoms with Gasteiger partial charge in [0.2, 0.25) is 0 Å². The molecule has 0 saturated carbocycles. The molecule has 0 amide bonds. The molecule has 0 spiro atoms. The molecule has 4 nitrogen and oxygen atoms in total. The first-order valence-electron chi connectivity index (χ1n) is 5.84. The van der Waals surface area contributed by atoms with Crippen molar-refractivity contribution < 1.29 is 13.5 Å². The van der Waals surface area contributed by atoms with Gasteiger partial charge in [-0.2, -0.15) is 0 Å². The molecule has 1 aliphatic heterocycles. The summed E-state index contributed by atoms with van der Waals surface area (Å²) in [6, 6.07) is 0. The van der Waals surface area contributed by atoms with Crippen molar-refractivity contribution in [3.63, 3.8) is 0 Å². The Morgan fingerprint density at radius 3 is 3.06 bits per heavy atom. The maximum Gasteiger partial charge on any atom is 0.150 e. The summed E-state index contributed by atoms with van der Waals surface area (Å²) in [6.07, 6.45) is 4.94. The Kier molecular flexibility index (Phi) is 4.17. The van der Waals surface area contributed by atoms with E-state index >= 15 is 0 Å². The van der Waals surface area contributed by atoms with E-state index in [2.05, 4.69) is 4.98 Å². The summed E-state index contributed by atoms with van der Waals surface area (Å²) in [5, 5.41) is 9.81. The van der Waals surface area contributed by atoms with Gasteiger partial charge in [0.05, 0.1) is 16.5 Å². The molecule has 0 radical (unpaired) electrons. The number of rotatable bonds is 4. The van der Waals surface area contributed by atoms with Gasteiger partial charge in [-0.15, -0.1) is 11.3 Å². The van der Waals surface area contributed by atoms with E-state index in [1.165, 1.54) is 0 Å². The van der Waals surface area contributed by atoms with Crippen molar-refractivity contribution in [2.45, 2.75) is 25.7 Å². The highest BCUT2D eigenvalue weighted by Gasteiger charge is 2.25. The molecule has 6 heteroatoms. The average Bonchev–Trinajstić information content (AvgIpc) is 2.64. The number of hydrogen-bond donors (Lipinski definition) is 1. The Morgan fingerprint density at radius 1 is 1.53 bits per heavy atom. The zero-order valence-electron chi connectivity index (χ0n) is 9.63. The van der Waals surface area contributed by atoms with E-state index in [-0.39, 0.29) is 12.5 Å². The van der Waals surface area contributed by atoms with Gasteiger partial charge < -0.3 is 5.11 Å². The summed E-state index contributed by atoms with van der Waals surface area (Å²) < 4.78 is 23.0. The van der Waals surface area contributed by atoms with Crippen LogP contribution in [0.2, 0.25) is 0 Å². The Labute approximate surface area is 106 Å². The van der Waals surface area contributed by atoms with E-state index in [1.807, 2.05) is 0 Å². The van der Waals surface area contributed by atoms with Crippen molar-refractivity contribution in [1.29, 1.82) is 0 Å². The first kappa shape index (κ1) is 13.0. The van der Waals surface area contributed by atoms with Gasteiger partial charge in [0.25, 0.3) is 0 Å². The normalized spacial score (nSPS) is 23.7. The molecule has 1 N–H and O–H groups in total. The molecule has 2 rings (SSSR count). The molecule has 1 unspecified atom stereocenters. The van der Waals surface area contributed by atoms with E-state index in [1.54, 1.807) is 17.5 Å². The maximum absolute atomic E-state index is 11.5. The van der Waals surface area contributed by atoms with Crippen LogP contribution in [0.25, 0.3) is 0 Å². The Hall–Kier alpha value is -0.460. The summed E-state index contributed by atoms with van der Waals surface area (Å²) in [7, 11) is -2.82. The topological polar surface area (TPSA) is 67.3 Å². The number of aliphatic hydroxyl groups is 1. The fourth-order valence-electron chi connectivity index (χ4n) is 2.19. The molecule has 1 atom stereocenters. The first-order valence-corrected chi connectivity index (χ1v) is 8.48. The van der Waals surface area contributed by atoms with Crippen LogP contribution in [0.3, 0.4) is 0 Å². The van der Waals surface area contributed by atoms with Gasteiger partial charge in [0.15, 0.2) is 9.84 Å². The van der Waals surface area contributed by atoms with Gasteiger partial charge in [0, 0.05) is 30.5 Å². The van der Waals surface area contributed by atoms with Crippen LogP contribution >= 0.6 is 11.3 Å². The van der Waals surface area contributed by atoms with Gasteiger partial charge in [0.1, 0.15) is 0 Å². The zero-order chi connectivity index (χ0) is 12.3. The summed E-state index contributed by atoms with van der Waals surface area (Å²) >= 11 is 1.59. The van der Waals surface area contributed by atoms with E-state index in [4.69, 9.17) is 5.11 Å². The van der Waals surface area contributed by atoms with Crippen LogP contribution in [-0.2, 0) is 22.7 Å². The standard InChI is InChI=1S/C11H17NO3S2/c13-4-3-10-7-12-11(16-10)6-9-2-1-5-17(14,15)8-9/h7,9,13H,1-6,8H2. The molecule has 1 saturated heterocycles. The number of thiazole rings is 1. The third-order valence-corrected chi connectivity index (χ3v) is 5.95. The second kappa shape index (κ2) is 5.46. The SMILES string of the molecule is O=S1(=O)CCCC(Cc2ncc(CCO)s2)C1. The highest BCUT2D eigenvalue weighted by atomic mass is 32.2. The fourth-order valence-corrected chi connectivity index (χ4v) is 5.00. The van der Waals surface area contributed by atoms with E-state index in [0.29, 0.717) is 17.9 Å². The number of aliphatic hydroxyl groups excluding tert-OH is 1. The van der Waals surface area contributed by atoms with Crippen molar-refractivity contribution in [3.8, 4) is 0 Å². The lowest BCUT2D eigenvalue weighted by atomic mass is 10.0. The Bertz CT molecular complexity index is 467. The van der Waals surface area contributed by atoms with Crippen molar-refractivity contribution >= 4 is 21.2 Å². The van der Waals surface area contributed by atoms with E-state index < -0.39 is 9.84 Å². The number of sulfone groups is 1. The molecule has 1 aromatic heterocycles. The zero-order valence-corrected chi connectivity index (χ0v) is 11.3. The van der Waals surface area contributed by atoms with Gasteiger partial charge in [-0.25, -0.2) is 13.4 Å². The number of hydrogen-bond acceptors (Lipinski definition) is 5. The Balaban J connectivity index is 1.95. The first-order chi connectivity index (χ1) is 8.09. The average molecular weight is 275 g/mol. The second-order valence-corrected chi connectivity index (χ2v) is 7.95. The summed E-state index contributed by atoms with van der Waals surface area (Å²) in [5.74, 6) is 0.876. The van der Waals surface area contributed by atoms with E-state index in [0.717, 1.165) is 29.1 Å². The molecule has 17 heavy (non-hydrogen) atoms. The molecule has 96 valence electrons.